The van der Waals surface area contributed by atoms with Gasteiger partial charge in [0.15, 0.2) is 5.17 Å². The summed E-state index contributed by atoms with van der Waals surface area (Å²) in [6, 6.07) is 11.5. The fourth-order valence-electron chi connectivity index (χ4n) is 3.00. The number of thioether (sulfide) groups is 1. The minimum Gasteiger partial charge on any atom is -0.274 e. The van der Waals surface area contributed by atoms with Crippen LogP contribution in [-0.2, 0) is 10.5 Å². The third kappa shape index (κ3) is 3.70. The highest BCUT2D eigenvalue weighted by molar-refractivity contribution is 8.13. The predicted molar refractivity (Wildman–Crippen MR) is 107 cm³/mol. The van der Waals surface area contributed by atoms with Gasteiger partial charge in [-0.3, -0.25) is 15.1 Å². The van der Waals surface area contributed by atoms with Crippen molar-refractivity contribution in [3.63, 3.8) is 0 Å². The van der Waals surface area contributed by atoms with E-state index in [-0.39, 0.29) is 29.6 Å². The minimum atomic E-state index is -0.380. The van der Waals surface area contributed by atoms with Crippen LogP contribution >= 0.6 is 35.0 Å². The molecule has 2 aliphatic heterocycles. The molecule has 5 nitrogen and oxygen atoms in total. The molecule has 2 aliphatic rings. The lowest BCUT2D eigenvalue weighted by Gasteiger charge is -2.32. The van der Waals surface area contributed by atoms with Gasteiger partial charge < -0.3 is 0 Å². The number of hydrogen-bond donors (Lipinski definition) is 2. The van der Waals surface area contributed by atoms with Crippen LogP contribution in [0.2, 0.25) is 10.0 Å². The number of amides is 1. The van der Waals surface area contributed by atoms with Crippen LogP contribution in [0.4, 0.5) is 10.1 Å². The molecule has 1 fully saturated rings. The van der Waals surface area contributed by atoms with E-state index in [0.29, 0.717) is 33.0 Å². The summed E-state index contributed by atoms with van der Waals surface area (Å²) in [5, 5.41) is 1.41. The van der Waals surface area contributed by atoms with Gasteiger partial charge in [0.25, 0.3) is 0 Å². The molecule has 2 atom stereocenters. The van der Waals surface area contributed by atoms with Gasteiger partial charge in [-0.25, -0.2) is 14.8 Å². The standard InChI is InChI=1S/C18H15Cl2FN4OS/c19-10-4-6-11(7-5-10)25-17(26)12-8-22-24-16(12)23-18(25)27-9-13-14(20)2-1-3-15(13)21/h1-7,12,16,22,24H,8-9H2. The van der Waals surface area contributed by atoms with E-state index in [9.17, 15) is 9.18 Å². The van der Waals surface area contributed by atoms with Crippen LogP contribution in [0, 0.1) is 11.7 Å². The summed E-state index contributed by atoms with van der Waals surface area (Å²) >= 11 is 13.4. The van der Waals surface area contributed by atoms with E-state index in [0.717, 1.165) is 0 Å². The first-order valence-corrected chi connectivity index (χ1v) is 10.00. The second kappa shape index (κ2) is 7.77. The van der Waals surface area contributed by atoms with Gasteiger partial charge in [0, 0.05) is 27.9 Å². The fraction of sp³-hybridized carbons (Fsp3) is 0.222. The number of rotatable bonds is 3. The molecule has 0 saturated carbocycles. The smallest absolute Gasteiger partial charge is 0.241 e. The minimum absolute atomic E-state index is 0.0723. The lowest BCUT2D eigenvalue weighted by atomic mass is 10.0. The number of fused-ring (bicyclic) bond motifs is 1. The van der Waals surface area contributed by atoms with Crippen molar-refractivity contribution in [3.8, 4) is 0 Å². The first-order chi connectivity index (χ1) is 13.0. The third-order valence-electron chi connectivity index (χ3n) is 4.42. The zero-order chi connectivity index (χ0) is 19.0. The van der Waals surface area contributed by atoms with Crippen LogP contribution < -0.4 is 15.8 Å². The van der Waals surface area contributed by atoms with Gasteiger partial charge in [-0.15, -0.1) is 0 Å². The number of amidine groups is 1. The Labute approximate surface area is 169 Å². The second-order valence-electron chi connectivity index (χ2n) is 6.13. The Balaban J connectivity index is 1.66. The lowest BCUT2D eigenvalue weighted by molar-refractivity contribution is -0.121. The van der Waals surface area contributed by atoms with Crippen molar-refractivity contribution in [2.45, 2.75) is 11.9 Å². The van der Waals surface area contributed by atoms with Gasteiger partial charge in [0.05, 0.1) is 11.6 Å². The number of hydrazine groups is 1. The van der Waals surface area contributed by atoms with Gasteiger partial charge >= 0.3 is 0 Å². The third-order valence-corrected chi connectivity index (χ3v) is 6.01. The van der Waals surface area contributed by atoms with Gasteiger partial charge in [-0.1, -0.05) is 41.0 Å². The van der Waals surface area contributed by atoms with Crippen LogP contribution in [-0.4, -0.2) is 23.8 Å². The quantitative estimate of drug-likeness (QED) is 0.785. The molecule has 0 bridgehead atoms. The van der Waals surface area contributed by atoms with Crippen molar-refractivity contribution < 1.29 is 9.18 Å². The number of nitrogens with zero attached hydrogens (tertiary/aromatic N) is 2. The molecule has 0 spiro atoms. The SMILES string of the molecule is O=C1C2CNNC2N=C(SCc2c(F)cccc2Cl)N1c1ccc(Cl)cc1. The molecule has 0 aromatic heterocycles. The molecule has 2 heterocycles. The van der Waals surface area contributed by atoms with Crippen LogP contribution in [0.1, 0.15) is 5.56 Å². The summed E-state index contributed by atoms with van der Waals surface area (Å²) in [7, 11) is 0. The van der Waals surface area contributed by atoms with E-state index in [4.69, 9.17) is 23.2 Å². The summed E-state index contributed by atoms with van der Waals surface area (Å²) in [6.07, 6.45) is -0.348. The molecular weight excluding hydrogens is 410 g/mol. The number of benzene rings is 2. The molecule has 2 aromatic rings. The summed E-state index contributed by atoms with van der Waals surface area (Å²) in [5.41, 5.74) is 7.03. The van der Waals surface area contributed by atoms with Crippen molar-refractivity contribution in [2.24, 2.45) is 10.9 Å². The molecule has 0 radical (unpaired) electrons. The topological polar surface area (TPSA) is 56.7 Å². The average molecular weight is 425 g/mol. The predicted octanol–water partition coefficient (Wildman–Crippen LogP) is 3.82. The number of halogens is 3. The van der Waals surface area contributed by atoms with E-state index in [2.05, 4.69) is 15.8 Å². The maximum atomic E-state index is 14.1. The zero-order valence-corrected chi connectivity index (χ0v) is 16.3. The summed E-state index contributed by atoms with van der Waals surface area (Å²) in [6.45, 7) is 0.494. The maximum absolute atomic E-state index is 14.1. The molecule has 2 N–H and O–H groups in total. The molecule has 4 rings (SSSR count). The Morgan fingerprint density at radius 2 is 2.00 bits per heavy atom. The number of anilines is 1. The number of carbonyl (C=O) groups is 1. The Morgan fingerprint density at radius 3 is 2.74 bits per heavy atom. The van der Waals surface area contributed by atoms with Crippen LogP contribution in [0.3, 0.4) is 0 Å². The highest BCUT2D eigenvalue weighted by Gasteiger charge is 2.42. The van der Waals surface area contributed by atoms with Crippen molar-refractivity contribution in [3.05, 3.63) is 63.9 Å². The number of hydrogen-bond acceptors (Lipinski definition) is 5. The highest BCUT2D eigenvalue weighted by atomic mass is 35.5. The normalized spacial score (nSPS) is 22.0. The van der Waals surface area contributed by atoms with E-state index in [1.54, 1.807) is 41.3 Å². The molecule has 1 saturated heterocycles. The zero-order valence-electron chi connectivity index (χ0n) is 14.0. The van der Waals surface area contributed by atoms with Crippen LogP contribution in [0.5, 0.6) is 0 Å². The van der Waals surface area contributed by atoms with Gasteiger partial charge in [0.1, 0.15) is 12.0 Å². The maximum Gasteiger partial charge on any atom is 0.241 e. The number of nitrogens with one attached hydrogen (secondary N) is 2. The summed E-state index contributed by atoms with van der Waals surface area (Å²) < 4.78 is 14.1. The van der Waals surface area contributed by atoms with Gasteiger partial charge in [-0.2, -0.15) is 0 Å². The Morgan fingerprint density at radius 1 is 1.22 bits per heavy atom. The first-order valence-electron chi connectivity index (χ1n) is 8.26. The molecule has 9 heteroatoms. The molecule has 140 valence electrons. The van der Waals surface area contributed by atoms with Crippen molar-refractivity contribution in [1.29, 1.82) is 0 Å². The molecule has 2 unspecified atom stereocenters. The van der Waals surface area contributed by atoms with Crippen molar-refractivity contribution in [1.82, 2.24) is 10.9 Å². The van der Waals surface area contributed by atoms with Crippen molar-refractivity contribution >= 4 is 51.7 Å². The average Bonchev–Trinajstić information content (AvgIpc) is 3.11. The van der Waals surface area contributed by atoms with E-state index >= 15 is 0 Å². The number of carbonyl (C=O) groups excluding carboxylic acids is 1. The monoisotopic (exact) mass is 424 g/mol. The summed E-state index contributed by atoms with van der Waals surface area (Å²) in [4.78, 5) is 19.3. The van der Waals surface area contributed by atoms with E-state index in [1.165, 1.54) is 17.8 Å². The second-order valence-corrected chi connectivity index (χ2v) is 7.91. The first kappa shape index (κ1) is 18.7. The molecule has 1 amide bonds. The Hall–Kier alpha value is -1.64. The molecule has 2 aromatic carbocycles. The lowest BCUT2D eigenvalue weighted by Crippen LogP contribution is -2.49. The fourth-order valence-corrected chi connectivity index (χ4v) is 4.52. The largest absolute Gasteiger partial charge is 0.274 e. The van der Waals surface area contributed by atoms with Gasteiger partial charge in [0.2, 0.25) is 5.91 Å². The highest BCUT2D eigenvalue weighted by Crippen LogP contribution is 2.32. The Bertz CT molecular complexity index is 888. The van der Waals surface area contributed by atoms with Crippen LogP contribution in [0.15, 0.2) is 47.5 Å². The molecule has 27 heavy (non-hydrogen) atoms. The van der Waals surface area contributed by atoms with E-state index < -0.39 is 0 Å². The Kier molecular flexibility index (Phi) is 5.39. The van der Waals surface area contributed by atoms with Gasteiger partial charge in [-0.05, 0) is 36.4 Å². The summed E-state index contributed by atoms with van der Waals surface area (Å²) in [5.74, 6) is -0.500. The molecular formula is C18H15Cl2FN4OS. The van der Waals surface area contributed by atoms with E-state index in [1.807, 2.05) is 0 Å². The molecule has 0 aliphatic carbocycles. The van der Waals surface area contributed by atoms with Crippen molar-refractivity contribution in [2.75, 3.05) is 11.4 Å². The number of aliphatic imine (C=N–C) groups is 1. The van der Waals surface area contributed by atoms with Crippen LogP contribution in [0.25, 0.3) is 0 Å².